The molecule has 0 aromatic heterocycles. The number of rotatable bonds is 1. The van der Waals surface area contributed by atoms with E-state index in [9.17, 15) is 0 Å². The topological polar surface area (TPSA) is 28.0 Å². The predicted octanol–water partition coefficient (Wildman–Crippen LogP) is 1.96. The monoisotopic (exact) mass is 167 g/mol. The molecule has 0 saturated carbocycles. The van der Waals surface area contributed by atoms with Crippen molar-refractivity contribution in [1.82, 2.24) is 5.12 Å². The van der Waals surface area contributed by atoms with Gasteiger partial charge in [-0.2, -0.15) is 15.3 Å². The van der Waals surface area contributed by atoms with E-state index in [-0.39, 0.29) is 5.41 Å². The Kier molecular flexibility index (Phi) is 2.22. The van der Waals surface area contributed by atoms with Gasteiger partial charge in [0.2, 0.25) is 0 Å². The Hall–Kier alpha value is -0.860. The van der Waals surface area contributed by atoms with E-state index in [1.165, 1.54) is 0 Å². The largest absolute Gasteiger partial charge is 0.189 e. The fourth-order valence-corrected chi connectivity index (χ4v) is 1.21. The normalized spacial score (nSPS) is 29.5. The van der Waals surface area contributed by atoms with Crippen LogP contribution in [0.2, 0.25) is 0 Å². The smallest absolute Gasteiger partial charge is 0.0495 e. The molecule has 0 spiro atoms. The zero-order valence-electron chi connectivity index (χ0n) is 8.50. The highest BCUT2D eigenvalue weighted by Crippen LogP contribution is 2.29. The Morgan fingerprint density at radius 2 is 2.08 bits per heavy atom. The molecular formula is C9H17N3. The summed E-state index contributed by atoms with van der Waals surface area (Å²) in [6, 6.07) is 0. The van der Waals surface area contributed by atoms with Crippen molar-refractivity contribution in [2.75, 3.05) is 7.05 Å². The summed E-state index contributed by atoms with van der Waals surface area (Å²) in [5.41, 5.74) is 1.17. The molecule has 1 aliphatic rings. The van der Waals surface area contributed by atoms with Crippen LogP contribution < -0.4 is 0 Å². The molecule has 0 aromatic rings. The van der Waals surface area contributed by atoms with Gasteiger partial charge in [0.25, 0.3) is 0 Å². The molecule has 12 heavy (non-hydrogen) atoms. The lowest BCUT2D eigenvalue weighted by atomic mass is 9.76. The van der Waals surface area contributed by atoms with Gasteiger partial charge < -0.3 is 0 Å². The molecular weight excluding hydrogens is 150 g/mol. The summed E-state index contributed by atoms with van der Waals surface area (Å²) in [6.45, 7) is 8.61. The van der Waals surface area contributed by atoms with Crippen LogP contribution in [0, 0.1) is 11.3 Å². The Bertz CT molecular complexity index is 230. The van der Waals surface area contributed by atoms with Crippen molar-refractivity contribution in [3.8, 4) is 0 Å². The molecule has 3 heteroatoms. The van der Waals surface area contributed by atoms with E-state index in [0.717, 1.165) is 5.71 Å². The second-order valence-corrected chi connectivity index (χ2v) is 3.86. The quantitative estimate of drug-likeness (QED) is 0.586. The molecule has 0 aromatic carbocycles. The highest BCUT2D eigenvalue weighted by molar-refractivity contribution is 6.02. The maximum atomic E-state index is 4.31. The molecule has 0 N–H and O–H groups in total. The fourth-order valence-electron chi connectivity index (χ4n) is 1.21. The molecule has 0 saturated heterocycles. The van der Waals surface area contributed by atoms with Gasteiger partial charge in [-0.15, -0.1) is 0 Å². The molecule has 0 aliphatic carbocycles. The highest BCUT2D eigenvalue weighted by atomic mass is 15.6. The van der Waals surface area contributed by atoms with Gasteiger partial charge in [0.1, 0.15) is 0 Å². The number of nitrogens with zero attached hydrogens (tertiary/aromatic N) is 3. The number of hydrogen-bond acceptors (Lipinski definition) is 3. The van der Waals surface area contributed by atoms with Crippen molar-refractivity contribution in [3.05, 3.63) is 0 Å². The van der Waals surface area contributed by atoms with Crippen LogP contribution in [0.15, 0.2) is 10.2 Å². The lowest BCUT2D eigenvalue weighted by Crippen LogP contribution is -2.37. The van der Waals surface area contributed by atoms with Gasteiger partial charge in [0.05, 0.1) is 0 Å². The van der Waals surface area contributed by atoms with Gasteiger partial charge in [0, 0.05) is 24.4 Å². The Labute approximate surface area is 74.1 Å². The summed E-state index contributed by atoms with van der Waals surface area (Å²) in [6.07, 6.45) is 1.99. The van der Waals surface area contributed by atoms with Crippen LogP contribution in [0.25, 0.3) is 0 Å². The molecule has 1 atom stereocenters. The molecule has 1 rings (SSSR count). The van der Waals surface area contributed by atoms with Gasteiger partial charge >= 0.3 is 0 Å². The average molecular weight is 167 g/mol. The van der Waals surface area contributed by atoms with Crippen LogP contribution in [0.3, 0.4) is 0 Å². The third-order valence-corrected chi connectivity index (χ3v) is 2.77. The van der Waals surface area contributed by atoms with Gasteiger partial charge in [-0.25, -0.2) is 0 Å². The Morgan fingerprint density at radius 1 is 1.50 bits per heavy atom. The summed E-state index contributed by atoms with van der Waals surface area (Å²) < 4.78 is 0. The molecule has 0 bridgehead atoms. The second kappa shape index (κ2) is 2.88. The van der Waals surface area contributed by atoms with Gasteiger partial charge in [-0.1, -0.05) is 13.8 Å². The van der Waals surface area contributed by atoms with Gasteiger partial charge in [0.15, 0.2) is 0 Å². The van der Waals surface area contributed by atoms with Crippen molar-refractivity contribution in [2.45, 2.75) is 27.7 Å². The minimum Gasteiger partial charge on any atom is -0.189 e. The molecule has 3 nitrogen and oxygen atoms in total. The van der Waals surface area contributed by atoms with Crippen LogP contribution in [-0.4, -0.2) is 24.1 Å². The van der Waals surface area contributed by atoms with Crippen LogP contribution in [0.5, 0.6) is 0 Å². The summed E-state index contributed by atoms with van der Waals surface area (Å²) in [4.78, 5) is 0. The Morgan fingerprint density at radius 3 is 2.50 bits per heavy atom. The zero-order valence-corrected chi connectivity index (χ0v) is 8.50. The van der Waals surface area contributed by atoms with Crippen LogP contribution in [0.4, 0.5) is 0 Å². The predicted molar refractivity (Wildman–Crippen MR) is 52.3 cm³/mol. The first-order chi connectivity index (χ1) is 5.47. The average Bonchev–Trinajstić information content (AvgIpc) is 1.97. The molecule has 1 heterocycles. The summed E-state index contributed by atoms with van der Waals surface area (Å²) >= 11 is 0. The first-order valence-electron chi connectivity index (χ1n) is 4.31. The van der Waals surface area contributed by atoms with E-state index in [4.69, 9.17) is 0 Å². The number of hydrazone groups is 2. The van der Waals surface area contributed by atoms with E-state index in [1.54, 1.807) is 5.12 Å². The summed E-state index contributed by atoms with van der Waals surface area (Å²) in [5.74, 6) is 0.540. The third-order valence-electron chi connectivity index (χ3n) is 2.77. The van der Waals surface area contributed by atoms with Crippen molar-refractivity contribution in [2.24, 2.45) is 21.5 Å². The minimum absolute atomic E-state index is 0.0342. The summed E-state index contributed by atoms with van der Waals surface area (Å²) in [5, 5.41) is 10.1. The first kappa shape index (κ1) is 9.23. The van der Waals surface area contributed by atoms with Crippen molar-refractivity contribution < 1.29 is 0 Å². The zero-order chi connectivity index (χ0) is 9.35. The second-order valence-electron chi connectivity index (χ2n) is 3.86. The molecule has 0 fully saturated rings. The van der Waals surface area contributed by atoms with E-state index < -0.39 is 0 Å². The van der Waals surface area contributed by atoms with Crippen LogP contribution in [-0.2, 0) is 0 Å². The van der Waals surface area contributed by atoms with E-state index in [1.807, 2.05) is 13.3 Å². The lowest BCUT2D eigenvalue weighted by molar-refractivity contribution is 0.335. The Balaban J connectivity index is 2.94. The van der Waals surface area contributed by atoms with Crippen LogP contribution in [0.1, 0.15) is 27.7 Å². The summed E-state index contributed by atoms with van der Waals surface area (Å²) in [7, 11) is 1.85. The minimum atomic E-state index is 0.0342. The molecule has 0 amide bonds. The maximum Gasteiger partial charge on any atom is 0.0495 e. The standard InChI is InChI=1S/C9H17N3/c1-7(2)9(4)6-10-12(5)11-8(9)3/h6-7H,1-5H3. The molecule has 0 radical (unpaired) electrons. The third kappa shape index (κ3) is 1.36. The SMILES string of the molecule is CC1=NN(C)N=CC1(C)C(C)C. The molecule has 1 aliphatic heterocycles. The van der Waals surface area contributed by atoms with E-state index >= 15 is 0 Å². The van der Waals surface area contributed by atoms with Crippen molar-refractivity contribution in [1.29, 1.82) is 0 Å². The highest BCUT2D eigenvalue weighted by Gasteiger charge is 2.32. The maximum absolute atomic E-state index is 4.31. The van der Waals surface area contributed by atoms with Gasteiger partial charge in [-0.3, -0.25) is 0 Å². The fraction of sp³-hybridized carbons (Fsp3) is 0.778. The number of hydrogen-bond donors (Lipinski definition) is 0. The van der Waals surface area contributed by atoms with E-state index in [0.29, 0.717) is 5.92 Å². The molecule has 68 valence electrons. The van der Waals surface area contributed by atoms with Crippen molar-refractivity contribution in [3.63, 3.8) is 0 Å². The van der Waals surface area contributed by atoms with E-state index in [2.05, 4.69) is 37.9 Å². The van der Waals surface area contributed by atoms with Crippen molar-refractivity contribution >= 4 is 11.9 Å². The first-order valence-corrected chi connectivity index (χ1v) is 4.31. The van der Waals surface area contributed by atoms with Gasteiger partial charge in [-0.05, 0) is 19.8 Å². The van der Waals surface area contributed by atoms with Crippen LogP contribution >= 0.6 is 0 Å². The lowest BCUT2D eigenvalue weighted by Gasteiger charge is -2.33. The molecule has 1 unspecified atom stereocenters.